The maximum absolute atomic E-state index is 11.4. The first-order valence-corrected chi connectivity index (χ1v) is 5.81. The minimum absolute atomic E-state index is 0.00767. The number of ether oxygens (including phenoxy) is 2. The SMILES string of the molecule is C=C(C)C(=O)OCCC(=O)OCc1ccc(N)cc1. The maximum Gasteiger partial charge on any atom is 0.333 e. The molecule has 102 valence electrons. The summed E-state index contributed by atoms with van der Waals surface area (Å²) >= 11 is 0. The fourth-order valence-electron chi connectivity index (χ4n) is 1.20. The van der Waals surface area contributed by atoms with E-state index in [2.05, 4.69) is 6.58 Å². The summed E-state index contributed by atoms with van der Waals surface area (Å²) in [5.41, 5.74) is 7.34. The lowest BCUT2D eigenvalue weighted by Gasteiger charge is -2.06. The second-order valence-electron chi connectivity index (χ2n) is 4.07. The third kappa shape index (κ3) is 5.72. The first-order valence-electron chi connectivity index (χ1n) is 5.81. The van der Waals surface area contributed by atoms with Gasteiger partial charge < -0.3 is 15.2 Å². The fraction of sp³-hybridized carbons (Fsp3) is 0.286. The molecule has 0 unspecified atom stereocenters. The highest BCUT2D eigenvalue weighted by Crippen LogP contribution is 2.07. The van der Waals surface area contributed by atoms with E-state index in [1.165, 1.54) is 0 Å². The summed E-state index contributed by atoms with van der Waals surface area (Å²) in [7, 11) is 0. The van der Waals surface area contributed by atoms with E-state index in [0.29, 0.717) is 11.3 Å². The van der Waals surface area contributed by atoms with Crippen LogP contribution in [0.3, 0.4) is 0 Å². The number of benzene rings is 1. The molecule has 0 radical (unpaired) electrons. The van der Waals surface area contributed by atoms with Crippen LogP contribution in [0.2, 0.25) is 0 Å². The number of nitrogen functional groups attached to an aromatic ring is 1. The summed E-state index contributed by atoms with van der Waals surface area (Å²) in [5, 5.41) is 0. The fourth-order valence-corrected chi connectivity index (χ4v) is 1.20. The molecule has 0 saturated heterocycles. The van der Waals surface area contributed by atoms with Gasteiger partial charge in [0.15, 0.2) is 0 Å². The third-order valence-electron chi connectivity index (χ3n) is 2.27. The maximum atomic E-state index is 11.4. The Balaban J connectivity index is 2.23. The van der Waals surface area contributed by atoms with Gasteiger partial charge in [-0.2, -0.15) is 0 Å². The molecule has 0 aliphatic carbocycles. The molecule has 0 aliphatic rings. The second kappa shape index (κ2) is 7.20. The van der Waals surface area contributed by atoms with Crippen molar-refractivity contribution < 1.29 is 19.1 Å². The van der Waals surface area contributed by atoms with E-state index in [9.17, 15) is 9.59 Å². The molecule has 0 amide bonds. The Morgan fingerprint density at radius 2 is 1.84 bits per heavy atom. The molecule has 0 fully saturated rings. The van der Waals surface area contributed by atoms with E-state index in [-0.39, 0.29) is 19.6 Å². The van der Waals surface area contributed by atoms with Gasteiger partial charge in [-0.15, -0.1) is 0 Å². The molecule has 1 rings (SSSR count). The summed E-state index contributed by atoms with van der Waals surface area (Å²) in [5.74, 6) is -0.933. The number of hydrogen-bond donors (Lipinski definition) is 1. The first-order chi connectivity index (χ1) is 8.99. The molecular weight excluding hydrogens is 246 g/mol. The molecule has 0 aromatic heterocycles. The number of rotatable bonds is 6. The number of hydrogen-bond acceptors (Lipinski definition) is 5. The normalized spacial score (nSPS) is 9.74. The van der Waals surface area contributed by atoms with Crippen LogP contribution in [0, 0.1) is 0 Å². The summed E-state index contributed by atoms with van der Waals surface area (Å²) in [6.45, 7) is 5.14. The van der Waals surface area contributed by atoms with E-state index in [4.69, 9.17) is 15.2 Å². The zero-order chi connectivity index (χ0) is 14.3. The van der Waals surface area contributed by atoms with Crippen molar-refractivity contribution in [1.29, 1.82) is 0 Å². The van der Waals surface area contributed by atoms with Gasteiger partial charge in [0, 0.05) is 11.3 Å². The number of nitrogens with two attached hydrogens (primary N) is 1. The molecular formula is C14H17NO4. The van der Waals surface area contributed by atoms with E-state index in [1.807, 2.05) is 0 Å². The van der Waals surface area contributed by atoms with Gasteiger partial charge in [0.1, 0.15) is 13.2 Å². The molecule has 19 heavy (non-hydrogen) atoms. The molecule has 1 aromatic rings. The van der Waals surface area contributed by atoms with Crippen LogP contribution in [-0.2, 0) is 25.7 Å². The van der Waals surface area contributed by atoms with Crippen LogP contribution in [0.1, 0.15) is 18.9 Å². The van der Waals surface area contributed by atoms with Crippen molar-refractivity contribution in [2.24, 2.45) is 0 Å². The Labute approximate surface area is 112 Å². The molecule has 5 nitrogen and oxygen atoms in total. The molecule has 0 bridgehead atoms. The molecule has 0 saturated carbocycles. The summed E-state index contributed by atoms with van der Waals surface area (Å²) in [4.78, 5) is 22.4. The Morgan fingerprint density at radius 1 is 1.21 bits per heavy atom. The summed E-state index contributed by atoms with van der Waals surface area (Å²) in [6, 6.07) is 7.03. The Kier molecular flexibility index (Phi) is 5.60. The van der Waals surface area contributed by atoms with Crippen LogP contribution < -0.4 is 5.73 Å². The van der Waals surface area contributed by atoms with E-state index < -0.39 is 11.9 Å². The highest BCUT2D eigenvalue weighted by Gasteiger charge is 2.07. The highest BCUT2D eigenvalue weighted by atomic mass is 16.5. The molecule has 0 heterocycles. The van der Waals surface area contributed by atoms with Crippen molar-refractivity contribution in [2.45, 2.75) is 20.0 Å². The number of esters is 2. The smallest absolute Gasteiger partial charge is 0.333 e. The van der Waals surface area contributed by atoms with Crippen LogP contribution in [0.4, 0.5) is 5.69 Å². The first kappa shape index (κ1) is 14.8. The van der Waals surface area contributed by atoms with Gasteiger partial charge >= 0.3 is 11.9 Å². The van der Waals surface area contributed by atoms with Crippen molar-refractivity contribution in [2.75, 3.05) is 12.3 Å². The van der Waals surface area contributed by atoms with Crippen molar-refractivity contribution >= 4 is 17.6 Å². The molecule has 0 spiro atoms. The van der Waals surface area contributed by atoms with Gasteiger partial charge in [0.05, 0.1) is 6.42 Å². The standard InChI is InChI=1S/C14H17NO4/c1-10(2)14(17)18-8-7-13(16)19-9-11-3-5-12(15)6-4-11/h3-6H,1,7-9,15H2,2H3. The van der Waals surface area contributed by atoms with Crippen molar-refractivity contribution in [3.63, 3.8) is 0 Å². The third-order valence-corrected chi connectivity index (χ3v) is 2.27. The quantitative estimate of drug-likeness (QED) is 0.481. The van der Waals surface area contributed by atoms with Crippen LogP contribution in [0.5, 0.6) is 0 Å². The predicted molar refractivity (Wildman–Crippen MR) is 71.0 cm³/mol. The largest absolute Gasteiger partial charge is 0.462 e. The molecule has 0 aliphatic heterocycles. The zero-order valence-electron chi connectivity index (χ0n) is 10.8. The van der Waals surface area contributed by atoms with E-state index in [1.54, 1.807) is 31.2 Å². The minimum Gasteiger partial charge on any atom is -0.462 e. The van der Waals surface area contributed by atoms with Crippen molar-refractivity contribution in [3.05, 3.63) is 42.0 Å². The van der Waals surface area contributed by atoms with Gasteiger partial charge in [-0.05, 0) is 24.6 Å². The van der Waals surface area contributed by atoms with Crippen LogP contribution >= 0.6 is 0 Å². The van der Waals surface area contributed by atoms with Crippen LogP contribution in [0.25, 0.3) is 0 Å². The number of carbonyl (C=O) groups excluding carboxylic acids is 2. The van der Waals surface area contributed by atoms with Gasteiger partial charge in [-0.1, -0.05) is 18.7 Å². The number of anilines is 1. The van der Waals surface area contributed by atoms with E-state index in [0.717, 1.165) is 5.56 Å². The second-order valence-corrected chi connectivity index (χ2v) is 4.07. The predicted octanol–water partition coefficient (Wildman–Crippen LogP) is 1.82. The Morgan fingerprint density at radius 3 is 2.42 bits per heavy atom. The summed E-state index contributed by atoms with van der Waals surface area (Å²) < 4.78 is 9.80. The van der Waals surface area contributed by atoms with E-state index >= 15 is 0 Å². The molecule has 0 atom stereocenters. The molecule has 2 N–H and O–H groups in total. The van der Waals surface area contributed by atoms with Crippen molar-refractivity contribution in [3.8, 4) is 0 Å². The lowest BCUT2D eigenvalue weighted by Crippen LogP contribution is -2.12. The molecule has 1 aromatic carbocycles. The summed E-state index contributed by atoms with van der Waals surface area (Å²) in [6.07, 6.45) is 0.0218. The van der Waals surface area contributed by atoms with Gasteiger partial charge in [-0.25, -0.2) is 4.79 Å². The average molecular weight is 263 g/mol. The van der Waals surface area contributed by atoms with Gasteiger partial charge in [0.2, 0.25) is 0 Å². The average Bonchev–Trinajstić information content (AvgIpc) is 2.37. The van der Waals surface area contributed by atoms with Gasteiger partial charge in [-0.3, -0.25) is 4.79 Å². The molecule has 5 heteroatoms. The van der Waals surface area contributed by atoms with Crippen molar-refractivity contribution in [1.82, 2.24) is 0 Å². The Hall–Kier alpha value is -2.30. The lowest BCUT2D eigenvalue weighted by molar-refractivity contribution is -0.148. The minimum atomic E-state index is -0.508. The lowest BCUT2D eigenvalue weighted by atomic mass is 10.2. The monoisotopic (exact) mass is 263 g/mol. The van der Waals surface area contributed by atoms with Crippen LogP contribution in [0.15, 0.2) is 36.4 Å². The number of carbonyl (C=O) groups is 2. The Bertz CT molecular complexity index is 465. The topological polar surface area (TPSA) is 78.6 Å². The highest BCUT2D eigenvalue weighted by molar-refractivity contribution is 5.87. The van der Waals surface area contributed by atoms with Gasteiger partial charge in [0.25, 0.3) is 0 Å². The van der Waals surface area contributed by atoms with Crippen LogP contribution in [-0.4, -0.2) is 18.5 Å². The zero-order valence-corrected chi connectivity index (χ0v) is 10.8.